The van der Waals surface area contributed by atoms with E-state index in [4.69, 9.17) is 9.47 Å². The molecule has 1 N–H and O–H groups in total. The molecule has 2 aromatic heterocycles. The topological polar surface area (TPSA) is 95.6 Å². The second-order valence-corrected chi connectivity index (χ2v) is 8.21. The van der Waals surface area contributed by atoms with Crippen LogP contribution < -0.4 is 5.43 Å². The molecule has 8 nitrogen and oxygen atoms in total. The summed E-state index contributed by atoms with van der Waals surface area (Å²) in [6, 6.07) is 6.51. The Morgan fingerprint density at radius 2 is 2.13 bits per heavy atom. The van der Waals surface area contributed by atoms with Gasteiger partial charge in [0, 0.05) is 30.2 Å². The van der Waals surface area contributed by atoms with Crippen LogP contribution in [0.4, 0.5) is 0 Å². The van der Waals surface area contributed by atoms with Crippen molar-refractivity contribution >= 4 is 16.9 Å². The molecule has 0 fully saturated rings. The first-order valence-electron chi connectivity index (χ1n) is 9.89. The molecule has 0 amide bonds. The number of ether oxygens (including phenoxy) is 2. The number of phenolic OH excluding ortho intramolecular Hbond substituents is 1. The predicted octanol–water partition coefficient (Wildman–Crippen LogP) is 2.97. The molecule has 1 unspecified atom stereocenters. The minimum absolute atomic E-state index is 0.000986. The van der Waals surface area contributed by atoms with Gasteiger partial charge in [-0.1, -0.05) is 26.0 Å². The predicted molar refractivity (Wildman–Crippen MR) is 112 cm³/mol. The molecular weight excluding hydrogens is 386 g/mol. The summed E-state index contributed by atoms with van der Waals surface area (Å²) in [4.78, 5) is 25.2. The molecule has 1 aliphatic heterocycles. The number of fused-ring (bicyclic) bond motifs is 5. The molecule has 3 heterocycles. The first kappa shape index (κ1) is 20.2. The summed E-state index contributed by atoms with van der Waals surface area (Å²) in [5, 5.41) is 15.6. The lowest BCUT2D eigenvalue weighted by molar-refractivity contribution is 0.0499. The van der Waals surface area contributed by atoms with Crippen molar-refractivity contribution in [3.8, 4) is 17.1 Å². The van der Waals surface area contributed by atoms with E-state index < -0.39 is 11.4 Å². The Kier molecular flexibility index (Phi) is 4.89. The fraction of sp³-hybridized carbons (Fsp3) is 0.409. The zero-order chi connectivity index (χ0) is 21.6. The molecule has 0 bridgehead atoms. The maximum absolute atomic E-state index is 12.8. The summed E-state index contributed by atoms with van der Waals surface area (Å²) in [6.45, 7) is 7.00. The number of methoxy groups -OCH3 is 1. The fourth-order valence-corrected chi connectivity index (χ4v) is 4.24. The summed E-state index contributed by atoms with van der Waals surface area (Å²) >= 11 is 0. The highest BCUT2D eigenvalue weighted by atomic mass is 16.5. The molecule has 158 valence electrons. The Hall–Kier alpha value is -3.13. The first-order chi connectivity index (χ1) is 14.3. The molecule has 1 aliphatic rings. The monoisotopic (exact) mass is 411 g/mol. The van der Waals surface area contributed by atoms with Gasteiger partial charge in [-0.25, -0.2) is 4.79 Å². The van der Waals surface area contributed by atoms with E-state index in [0.29, 0.717) is 24.4 Å². The van der Waals surface area contributed by atoms with Gasteiger partial charge in [0.05, 0.1) is 37.2 Å². The van der Waals surface area contributed by atoms with Crippen molar-refractivity contribution in [2.24, 2.45) is 5.41 Å². The maximum atomic E-state index is 12.8. The van der Waals surface area contributed by atoms with Crippen LogP contribution in [0.1, 0.15) is 37.2 Å². The third-order valence-corrected chi connectivity index (χ3v) is 5.67. The van der Waals surface area contributed by atoms with E-state index in [1.165, 1.54) is 6.07 Å². The number of rotatable bonds is 5. The maximum Gasteiger partial charge on any atom is 0.343 e. The summed E-state index contributed by atoms with van der Waals surface area (Å²) < 4.78 is 14.3. The second kappa shape index (κ2) is 7.28. The van der Waals surface area contributed by atoms with E-state index in [1.807, 2.05) is 15.3 Å². The van der Waals surface area contributed by atoms with Gasteiger partial charge in [0.2, 0.25) is 0 Å². The first-order valence-corrected chi connectivity index (χ1v) is 9.89. The Balaban J connectivity index is 2.01. The molecule has 1 atom stereocenters. The van der Waals surface area contributed by atoms with Gasteiger partial charge in [-0.2, -0.15) is 5.10 Å². The van der Waals surface area contributed by atoms with Crippen LogP contribution in [0.25, 0.3) is 22.3 Å². The minimum atomic E-state index is -0.636. The van der Waals surface area contributed by atoms with Crippen molar-refractivity contribution in [1.82, 2.24) is 14.3 Å². The standard InChI is InChI=1S/C22H25N3O5/c1-5-30-21(28)14-10-24-15(9-17(14)27)20-13-7-6-8-16(26)19(13)23-25(20)11-18(24)22(2,3)12-29-4/h6-10,18,26H,5,11-12H2,1-4H3. The van der Waals surface area contributed by atoms with Crippen LogP contribution in [-0.2, 0) is 16.0 Å². The van der Waals surface area contributed by atoms with Crippen LogP contribution >= 0.6 is 0 Å². The zero-order valence-electron chi connectivity index (χ0n) is 17.5. The van der Waals surface area contributed by atoms with Gasteiger partial charge in [0.25, 0.3) is 0 Å². The summed E-state index contributed by atoms with van der Waals surface area (Å²) in [7, 11) is 1.65. The number of nitrogens with zero attached hydrogens (tertiary/aromatic N) is 3. The van der Waals surface area contributed by atoms with Gasteiger partial charge >= 0.3 is 5.97 Å². The third-order valence-electron chi connectivity index (χ3n) is 5.67. The van der Waals surface area contributed by atoms with Crippen molar-refractivity contribution in [2.75, 3.05) is 20.3 Å². The Morgan fingerprint density at radius 3 is 2.83 bits per heavy atom. The molecule has 4 rings (SSSR count). The smallest absolute Gasteiger partial charge is 0.343 e. The highest BCUT2D eigenvalue weighted by molar-refractivity contribution is 5.96. The number of aromatic nitrogens is 3. The molecule has 30 heavy (non-hydrogen) atoms. The number of hydrogen-bond acceptors (Lipinski definition) is 6. The van der Waals surface area contributed by atoms with E-state index in [1.54, 1.807) is 32.4 Å². The van der Waals surface area contributed by atoms with Crippen LogP contribution in [0, 0.1) is 5.41 Å². The lowest BCUT2D eigenvalue weighted by Gasteiger charge is -2.40. The van der Waals surface area contributed by atoms with Crippen molar-refractivity contribution in [3.05, 3.63) is 46.2 Å². The van der Waals surface area contributed by atoms with E-state index in [9.17, 15) is 14.7 Å². The van der Waals surface area contributed by atoms with Gasteiger partial charge < -0.3 is 19.1 Å². The number of carbonyl (C=O) groups is 1. The Morgan fingerprint density at radius 1 is 1.37 bits per heavy atom. The number of benzene rings is 1. The van der Waals surface area contributed by atoms with Crippen LogP contribution in [0.5, 0.6) is 5.75 Å². The highest BCUT2D eigenvalue weighted by Gasteiger charge is 2.38. The number of hydrogen-bond donors (Lipinski definition) is 1. The Bertz CT molecular complexity index is 1190. The molecule has 1 aromatic carbocycles. The molecule has 0 radical (unpaired) electrons. The van der Waals surface area contributed by atoms with E-state index in [2.05, 4.69) is 18.9 Å². The summed E-state index contributed by atoms with van der Waals surface area (Å²) in [5.41, 5.74) is 1.11. The van der Waals surface area contributed by atoms with Crippen molar-refractivity contribution < 1.29 is 19.4 Å². The lowest BCUT2D eigenvalue weighted by atomic mass is 9.83. The zero-order valence-corrected chi connectivity index (χ0v) is 17.5. The Labute approximate surface area is 173 Å². The van der Waals surface area contributed by atoms with Gasteiger partial charge in [-0.05, 0) is 13.0 Å². The van der Waals surface area contributed by atoms with Crippen LogP contribution in [-0.4, -0.2) is 45.7 Å². The summed E-state index contributed by atoms with van der Waals surface area (Å²) in [5.74, 6) is -0.554. The molecule has 0 saturated heterocycles. The van der Waals surface area contributed by atoms with Crippen molar-refractivity contribution in [1.29, 1.82) is 0 Å². The SMILES string of the molecule is CCOC(=O)c1cn2c(cc1=O)-c1c3cccc(O)c3nn1CC2C(C)(C)COC. The molecular formula is C22H25N3O5. The van der Waals surface area contributed by atoms with E-state index in [0.717, 1.165) is 11.1 Å². The van der Waals surface area contributed by atoms with E-state index >= 15 is 0 Å². The van der Waals surface area contributed by atoms with Gasteiger partial charge in [-0.3, -0.25) is 9.48 Å². The number of carbonyl (C=O) groups excluding carboxylic acids is 1. The highest BCUT2D eigenvalue weighted by Crippen LogP contribution is 2.43. The molecule has 0 spiro atoms. The van der Waals surface area contributed by atoms with Crippen LogP contribution in [0.3, 0.4) is 0 Å². The fourth-order valence-electron chi connectivity index (χ4n) is 4.24. The second-order valence-electron chi connectivity index (χ2n) is 8.21. The average Bonchev–Trinajstić information content (AvgIpc) is 3.07. The number of phenols is 1. The van der Waals surface area contributed by atoms with Crippen molar-refractivity contribution in [3.63, 3.8) is 0 Å². The van der Waals surface area contributed by atoms with Gasteiger partial charge in [0.15, 0.2) is 5.43 Å². The summed E-state index contributed by atoms with van der Waals surface area (Å²) in [6.07, 6.45) is 1.59. The van der Waals surface area contributed by atoms with Gasteiger partial charge in [-0.15, -0.1) is 0 Å². The van der Waals surface area contributed by atoms with Crippen molar-refractivity contribution in [2.45, 2.75) is 33.4 Å². The normalized spacial score (nSPS) is 15.7. The molecule has 0 aliphatic carbocycles. The van der Waals surface area contributed by atoms with Crippen LogP contribution in [0.2, 0.25) is 0 Å². The van der Waals surface area contributed by atoms with E-state index in [-0.39, 0.29) is 29.4 Å². The van der Waals surface area contributed by atoms with Gasteiger partial charge in [0.1, 0.15) is 16.8 Å². The largest absolute Gasteiger partial charge is 0.506 e. The molecule has 3 aromatic rings. The quantitative estimate of drug-likeness (QED) is 0.649. The average molecular weight is 411 g/mol. The minimum Gasteiger partial charge on any atom is -0.506 e. The molecule has 8 heteroatoms. The molecule has 0 saturated carbocycles. The number of esters is 1. The lowest BCUT2D eigenvalue weighted by Crippen LogP contribution is -2.39. The number of pyridine rings is 1. The number of aromatic hydroxyl groups is 1. The third kappa shape index (κ3) is 3.08. The van der Waals surface area contributed by atoms with Crippen LogP contribution in [0.15, 0.2) is 35.3 Å².